The summed E-state index contributed by atoms with van der Waals surface area (Å²) in [6, 6.07) is 2.28. The summed E-state index contributed by atoms with van der Waals surface area (Å²) in [5, 5.41) is 0.296. The van der Waals surface area contributed by atoms with Gasteiger partial charge >= 0.3 is 0 Å². The van der Waals surface area contributed by atoms with E-state index in [0.29, 0.717) is 17.9 Å². The molecule has 0 amide bonds. The third-order valence-corrected chi connectivity index (χ3v) is 2.74. The van der Waals surface area contributed by atoms with Gasteiger partial charge in [0.25, 0.3) is 0 Å². The second-order valence-electron chi connectivity index (χ2n) is 3.41. The molecule has 0 spiro atoms. The summed E-state index contributed by atoms with van der Waals surface area (Å²) in [5.41, 5.74) is 5.68. The summed E-state index contributed by atoms with van der Waals surface area (Å²) in [6.45, 7) is 1.68. The number of hydrogen-bond donors (Lipinski definition) is 1. The number of aromatic nitrogens is 2. The molecular weight excluding hydrogens is 200 g/mol. The van der Waals surface area contributed by atoms with Gasteiger partial charge < -0.3 is 10.6 Å². The fraction of sp³-hybridized carbons (Fsp3) is 0.556. The van der Waals surface area contributed by atoms with E-state index >= 15 is 0 Å². The largest absolute Gasteiger partial charge is 0.352 e. The highest BCUT2D eigenvalue weighted by molar-refractivity contribution is 6.28. The van der Waals surface area contributed by atoms with Crippen LogP contribution in [0.1, 0.15) is 12.8 Å². The lowest BCUT2D eigenvalue weighted by atomic mass is 10.2. The van der Waals surface area contributed by atoms with Crippen LogP contribution in [0.25, 0.3) is 0 Å². The Hall–Kier alpha value is -0.870. The number of rotatable bonds is 2. The minimum absolute atomic E-state index is 0.296. The molecule has 2 N–H and O–H groups in total. The van der Waals surface area contributed by atoms with Gasteiger partial charge in [-0.25, -0.2) is 9.97 Å². The Morgan fingerprint density at radius 2 is 2.50 bits per heavy atom. The number of anilines is 1. The van der Waals surface area contributed by atoms with Gasteiger partial charge in [0.2, 0.25) is 5.28 Å². The zero-order valence-corrected chi connectivity index (χ0v) is 8.61. The van der Waals surface area contributed by atoms with E-state index in [4.69, 9.17) is 17.3 Å². The molecule has 2 rings (SSSR count). The molecule has 5 heteroatoms. The van der Waals surface area contributed by atoms with E-state index in [-0.39, 0.29) is 0 Å². The molecule has 1 atom stereocenters. The number of halogens is 1. The smallest absolute Gasteiger partial charge is 0.224 e. The molecule has 1 fully saturated rings. The SMILES string of the molecule is NCC1CCCN1c1ccnc(Cl)n1. The predicted molar refractivity (Wildman–Crippen MR) is 56.5 cm³/mol. The molecule has 1 aliphatic heterocycles. The zero-order valence-electron chi connectivity index (χ0n) is 7.86. The maximum absolute atomic E-state index is 5.73. The number of hydrogen-bond acceptors (Lipinski definition) is 4. The van der Waals surface area contributed by atoms with Crippen molar-refractivity contribution in [1.29, 1.82) is 0 Å². The fourth-order valence-corrected chi connectivity index (χ4v) is 2.01. The minimum atomic E-state index is 0.296. The molecule has 0 saturated carbocycles. The highest BCUT2D eigenvalue weighted by Crippen LogP contribution is 2.23. The minimum Gasteiger partial charge on any atom is -0.352 e. The first-order valence-electron chi connectivity index (χ1n) is 4.76. The van der Waals surface area contributed by atoms with Crippen LogP contribution in [0.2, 0.25) is 5.28 Å². The molecule has 0 radical (unpaired) electrons. The van der Waals surface area contributed by atoms with Gasteiger partial charge in [0.15, 0.2) is 0 Å². The lowest BCUT2D eigenvalue weighted by Crippen LogP contribution is -2.35. The third-order valence-electron chi connectivity index (χ3n) is 2.55. The topological polar surface area (TPSA) is 55.0 Å². The first-order chi connectivity index (χ1) is 6.81. The molecule has 14 heavy (non-hydrogen) atoms. The summed E-state index contributed by atoms with van der Waals surface area (Å²) in [6.07, 6.45) is 3.98. The molecular formula is C9H13ClN4. The molecule has 2 heterocycles. The Balaban J connectivity index is 2.21. The Morgan fingerprint density at radius 1 is 1.64 bits per heavy atom. The van der Waals surface area contributed by atoms with Gasteiger partial charge in [-0.1, -0.05) is 0 Å². The van der Waals surface area contributed by atoms with Crippen LogP contribution in [-0.4, -0.2) is 29.1 Å². The van der Waals surface area contributed by atoms with Gasteiger partial charge in [0.1, 0.15) is 5.82 Å². The van der Waals surface area contributed by atoms with Gasteiger partial charge in [-0.2, -0.15) is 0 Å². The molecule has 1 saturated heterocycles. The second-order valence-corrected chi connectivity index (χ2v) is 3.75. The van der Waals surface area contributed by atoms with Crippen molar-refractivity contribution in [3.05, 3.63) is 17.5 Å². The van der Waals surface area contributed by atoms with Crippen LogP contribution in [0.3, 0.4) is 0 Å². The van der Waals surface area contributed by atoms with Crippen LogP contribution < -0.4 is 10.6 Å². The monoisotopic (exact) mass is 212 g/mol. The van der Waals surface area contributed by atoms with Crippen LogP contribution in [0.15, 0.2) is 12.3 Å². The van der Waals surface area contributed by atoms with Crippen molar-refractivity contribution >= 4 is 17.4 Å². The van der Waals surface area contributed by atoms with Gasteiger partial charge in [0, 0.05) is 25.3 Å². The van der Waals surface area contributed by atoms with Crippen LogP contribution >= 0.6 is 11.6 Å². The molecule has 1 aliphatic rings. The van der Waals surface area contributed by atoms with Crippen LogP contribution in [0, 0.1) is 0 Å². The number of nitrogens with zero attached hydrogens (tertiary/aromatic N) is 3. The maximum Gasteiger partial charge on any atom is 0.224 e. The summed E-state index contributed by atoms with van der Waals surface area (Å²) in [4.78, 5) is 10.2. The fourth-order valence-electron chi connectivity index (χ4n) is 1.87. The van der Waals surface area contributed by atoms with E-state index in [1.165, 1.54) is 6.42 Å². The second kappa shape index (κ2) is 4.11. The van der Waals surface area contributed by atoms with Crippen molar-refractivity contribution in [2.24, 2.45) is 5.73 Å². The van der Waals surface area contributed by atoms with Crippen LogP contribution in [-0.2, 0) is 0 Å². The predicted octanol–water partition coefficient (Wildman–Crippen LogP) is 1.06. The van der Waals surface area contributed by atoms with Crippen LogP contribution in [0.5, 0.6) is 0 Å². The summed E-state index contributed by atoms with van der Waals surface area (Å²) in [5.74, 6) is 0.887. The van der Waals surface area contributed by atoms with E-state index in [1.807, 2.05) is 6.07 Å². The molecule has 1 aromatic heterocycles. The van der Waals surface area contributed by atoms with E-state index in [9.17, 15) is 0 Å². The van der Waals surface area contributed by atoms with Crippen molar-refractivity contribution < 1.29 is 0 Å². The van der Waals surface area contributed by atoms with E-state index in [2.05, 4.69) is 14.9 Å². The molecule has 0 aliphatic carbocycles. The van der Waals surface area contributed by atoms with Crippen molar-refractivity contribution in [2.75, 3.05) is 18.0 Å². The average molecular weight is 213 g/mol. The highest BCUT2D eigenvalue weighted by Gasteiger charge is 2.24. The Kier molecular flexibility index (Phi) is 2.84. The lowest BCUT2D eigenvalue weighted by molar-refractivity contribution is 0.671. The van der Waals surface area contributed by atoms with Gasteiger partial charge in [-0.3, -0.25) is 0 Å². The van der Waals surface area contributed by atoms with E-state index in [0.717, 1.165) is 18.8 Å². The lowest BCUT2D eigenvalue weighted by Gasteiger charge is -2.24. The quantitative estimate of drug-likeness (QED) is 0.745. The third kappa shape index (κ3) is 1.81. The zero-order chi connectivity index (χ0) is 9.97. The standard InChI is InChI=1S/C9H13ClN4/c10-9-12-4-3-8(13-9)14-5-1-2-7(14)6-11/h3-4,7H,1-2,5-6,11H2. The molecule has 1 unspecified atom stereocenters. The average Bonchev–Trinajstić information content (AvgIpc) is 2.65. The van der Waals surface area contributed by atoms with Gasteiger partial charge in [-0.15, -0.1) is 0 Å². The van der Waals surface area contributed by atoms with Gasteiger partial charge in [-0.05, 0) is 30.5 Å². The molecule has 1 aromatic rings. The Labute approximate surface area is 88.1 Å². The van der Waals surface area contributed by atoms with Gasteiger partial charge in [0.05, 0.1) is 0 Å². The first kappa shape index (κ1) is 9.68. The van der Waals surface area contributed by atoms with E-state index in [1.54, 1.807) is 6.20 Å². The summed E-state index contributed by atoms with van der Waals surface area (Å²) in [7, 11) is 0. The molecule has 0 aromatic carbocycles. The Bertz CT molecular complexity index is 317. The van der Waals surface area contributed by atoms with Crippen molar-refractivity contribution in [2.45, 2.75) is 18.9 Å². The van der Waals surface area contributed by atoms with Crippen molar-refractivity contribution in [1.82, 2.24) is 9.97 Å². The summed E-state index contributed by atoms with van der Waals surface area (Å²) >= 11 is 5.73. The molecule has 0 bridgehead atoms. The highest BCUT2D eigenvalue weighted by atomic mass is 35.5. The van der Waals surface area contributed by atoms with Crippen molar-refractivity contribution in [3.8, 4) is 0 Å². The number of nitrogens with two attached hydrogens (primary N) is 1. The molecule has 4 nitrogen and oxygen atoms in total. The van der Waals surface area contributed by atoms with Crippen molar-refractivity contribution in [3.63, 3.8) is 0 Å². The summed E-state index contributed by atoms with van der Waals surface area (Å²) < 4.78 is 0. The maximum atomic E-state index is 5.73. The Morgan fingerprint density at radius 3 is 3.21 bits per heavy atom. The normalized spacial score (nSPS) is 21.6. The first-order valence-corrected chi connectivity index (χ1v) is 5.14. The molecule has 76 valence electrons. The van der Waals surface area contributed by atoms with E-state index < -0.39 is 0 Å². The van der Waals surface area contributed by atoms with Crippen LogP contribution in [0.4, 0.5) is 5.82 Å².